The lowest BCUT2D eigenvalue weighted by molar-refractivity contribution is -0.116. The fraction of sp³-hybridized carbons (Fsp3) is 0.667. The smallest absolute Gasteiger partial charge is 0.243 e. The van der Waals surface area contributed by atoms with Crippen LogP contribution < -0.4 is 5.32 Å². The second-order valence-electron chi connectivity index (χ2n) is 8.20. The van der Waals surface area contributed by atoms with Gasteiger partial charge >= 0.3 is 0 Å². The number of hydrogen-bond donors (Lipinski definition) is 1. The molecule has 1 amide bonds. The van der Waals surface area contributed by atoms with E-state index in [1.165, 1.54) is 32.1 Å². The zero-order valence-corrected chi connectivity index (χ0v) is 17.1. The monoisotopic (exact) mass is 392 g/mol. The highest BCUT2D eigenvalue weighted by Gasteiger charge is 2.27. The van der Waals surface area contributed by atoms with E-state index in [-0.39, 0.29) is 5.91 Å². The third-order valence-corrected chi connectivity index (χ3v) is 7.94. The fourth-order valence-electron chi connectivity index (χ4n) is 4.12. The van der Waals surface area contributed by atoms with E-state index in [1.807, 2.05) is 0 Å². The number of benzene rings is 1. The maximum atomic E-state index is 12.7. The van der Waals surface area contributed by atoms with Crippen molar-refractivity contribution in [3.05, 3.63) is 24.3 Å². The first-order valence-corrected chi connectivity index (χ1v) is 11.8. The van der Waals surface area contributed by atoms with E-state index in [2.05, 4.69) is 12.2 Å². The van der Waals surface area contributed by atoms with Gasteiger partial charge in [0.25, 0.3) is 0 Å². The molecule has 2 aliphatic rings. The number of rotatable bonds is 6. The van der Waals surface area contributed by atoms with E-state index in [9.17, 15) is 13.2 Å². The van der Waals surface area contributed by atoms with Gasteiger partial charge in [-0.25, -0.2) is 8.42 Å². The van der Waals surface area contributed by atoms with Crippen LogP contribution in [0.25, 0.3) is 0 Å². The van der Waals surface area contributed by atoms with E-state index >= 15 is 0 Å². The molecule has 1 aliphatic carbocycles. The molecule has 0 unspecified atom stereocenters. The highest BCUT2D eigenvalue weighted by atomic mass is 32.2. The molecular formula is C21H32N2O3S. The van der Waals surface area contributed by atoms with Crippen molar-refractivity contribution in [2.75, 3.05) is 18.4 Å². The van der Waals surface area contributed by atoms with Crippen LogP contribution in [-0.2, 0) is 14.8 Å². The van der Waals surface area contributed by atoms with Crippen molar-refractivity contribution in [2.45, 2.75) is 69.6 Å². The first-order valence-electron chi connectivity index (χ1n) is 10.4. The molecule has 2 fully saturated rings. The number of hydrogen-bond acceptors (Lipinski definition) is 3. The molecule has 150 valence electrons. The van der Waals surface area contributed by atoms with Gasteiger partial charge in [-0.1, -0.05) is 39.0 Å². The van der Waals surface area contributed by atoms with E-state index in [1.54, 1.807) is 28.6 Å². The summed E-state index contributed by atoms with van der Waals surface area (Å²) in [5.74, 6) is 1.29. The molecule has 1 aromatic rings. The lowest BCUT2D eigenvalue weighted by Crippen LogP contribution is -2.37. The summed E-state index contributed by atoms with van der Waals surface area (Å²) in [5, 5.41) is 2.90. The van der Waals surface area contributed by atoms with Gasteiger partial charge in [-0.05, 0) is 55.4 Å². The van der Waals surface area contributed by atoms with Crippen LogP contribution in [0, 0.1) is 11.8 Å². The Kier molecular flexibility index (Phi) is 6.93. The van der Waals surface area contributed by atoms with Crippen molar-refractivity contribution in [3.8, 4) is 0 Å². The first-order chi connectivity index (χ1) is 12.9. The summed E-state index contributed by atoms with van der Waals surface area (Å²) in [6.07, 6.45) is 9.71. The molecular weight excluding hydrogens is 360 g/mol. The maximum absolute atomic E-state index is 12.7. The van der Waals surface area contributed by atoms with Crippen LogP contribution in [0.4, 0.5) is 5.69 Å². The van der Waals surface area contributed by atoms with Gasteiger partial charge in [-0.15, -0.1) is 0 Å². The number of nitrogens with one attached hydrogen (secondary N) is 1. The van der Waals surface area contributed by atoms with Crippen LogP contribution in [-0.4, -0.2) is 31.7 Å². The van der Waals surface area contributed by atoms with Crippen molar-refractivity contribution in [1.29, 1.82) is 0 Å². The van der Waals surface area contributed by atoms with Gasteiger partial charge in [0.15, 0.2) is 0 Å². The minimum atomic E-state index is -3.43. The van der Waals surface area contributed by atoms with Crippen molar-refractivity contribution in [1.82, 2.24) is 4.31 Å². The van der Waals surface area contributed by atoms with Gasteiger partial charge in [-0.2, -0.15) is 4.31 Å². The zero-order valence-electron chi connectivity index (χ0n) is 16.3. The van der Waals surface area contributed by atoms with Crippen LogP contribution in [0.2, 0.25) is 0 Å². The normalized spacial score (nSPS) is 20.5. The third-order valence-electron chi connectivity index (χ3n) is 6.02. The summed E-state index contributed by atoms with van der Waals surface area (Å²) in [6.45, 7) is 3.34. The SMILES string of the molecule is CC1CCN(S(=O)(=O)c2ccc(NC(=O)CCC3CCCCC3)cc2)CC1. The van der Waals surface area contributed by atoms with Gasteiger partial charge < -0.3 is 5.32 Å². The second-order valence-corrected chi connectivity index (χ2v) is 10.1. The summed E-state index contributed by atoms with van der Waals surface area (Å²) in [7, 11) is -3.43. The van der Waals surface area contributed by atoms with Gasteiger partial charge in [-0.3, -0.25) is 4.79 Å². The number of amides is 1. The lowest BCUT2D eigenvalue weighted by Gasteiger charge is -2.29. The first kappa shape index (κ1) is 20.3. The number of piperidine rings is 1. The standard InChI is InChI=1S/C21H32N2O3S/c1-17-13-15-23(16-14-17)27(25,26)20-10-8-19(9-11-20)22-21(24)12-7-18-5-3-2-4-6-18/h8-11,17-18H,2-7,12-16H2,1H3,(H,22,24). The van der Waals surface area contributed by atoms with Gasteiger partial charge in [0, 0.05) is 25.2 Å². The topological polar surface area (TPSA) is 66.5 Å². The Morgan fingerprint density at radius 3 is 2.30 bits per heavy atom. The molecule has 1 aliphatic heterocycles. The predicted octanol–water partition coefficient (Wildman–Crippen LogP) is 4.41. The lowest BCUT2D eigenvalue weighted by atomic mass is 9.86. The molecule has 0 radical (unpaired) electrons. The molecule has 0 aromatic heterocycles. The van der Waals surface area contributed by atoms with Gasteiger partial charge in [0.2, 0.25) is 15.9 Å². The molecule has 0 spiro atoms. The number of carbonyl (C=O) groups is 1. The predicted molar refractivity (Wildman–Crippen MR) is 108 cm³/mol. The molecule has 1 heterocycles. The summed E-state index contributed by atoms with van der Waals surface area (Å²) in [5.41, 5.74) is 0.662. The quantitative estimate of drug-likeness (QED) is 0.780. The molecule has 1 N–H and O–H groups in total. The highest BCUT2D eigenvalue weighted by molar-refractivity contribution is 7.89. The Bertz CT molecular complexity index is 716. The Labute approximate surface area is 163 Å². The minimum Gasteiger partial charge on any atom is -0.326 e. The number of carbonyl (C=O) groups excluding carboxylic acids is 1. The molecule has 27 heavy (non-hydrogen) atoms. The molecule has 6 heteroatoms. The third kappa shape index (κ3) is 5.55. The molecule has 1 saturated carbocycles. The van der Waals surface area contributed by atoms with Crippen molar-refractivity contribution < 1.29 is 13.2 Å². The van der Waals surface area contributed by atoms with Crippen molar-refractivity contribution in [3.63, 3.8) is 0 Å². The molecule has 1 aromatic carbocycles. The fourth-order valence-corrected chi connectivity index (χ4v) is 5.59. The molecule has 1 saturated heterocycles. The van der Waals surface area contributed by atoms with Crippen LogP contribution in [0.1, 0.15) is 64.7 Å². The highest BCUT2D eigenvalue weighted by Crippen LogP contribution is 2.28. The summed E-state index contributed by atoms with van der Waals surface area (Å²) in [4.78, 5) is 12.5. The van der Waals surface area contributed by atoms with Gasteiger partial charge in [0.1, 0.15) is 0 Å². The molecule has 0 atom stereocenters. The second kappa shape index (κ2) is 9.20. The Balaban J connectivity index is 1.52. The maximum Gasteiger partial charge on any atom is 0.243 e. The average Bonchev–Trinajstić information content (AvgIpc) is 2.68. The Morgan fingerprint density at radius 1 is 1.04 bits per heavy atom. The van der Waals surface area contributed by atoms with E-state index in [0.29, 0.717) is 41.9 Å². The Morgan fingerprint density at radius 2 is 1.67 bits per heavy atom. The van der Waals surface area contributed by atoms with E-state index in [4.69, 9.17) is 0 Å². The molecule has 0 bridgehead atoms. The largest absolute Gasteiger partial charge is 0.326 e. The number of anilines is 1. The van der Waals surface area contributed by atoms with Crippen LogP contribution in [0.5, 0.6) is 0 Å². The van der Waals surface area contributed by atoms with E-state index < -0.39 is 10.0 Å². The molecule has 3 rings (SSSR count). The molecule has 5 nitrogen and oxygen atoms in total. The summed E-state index contributed by atoms with van der Waals surface area (Å²) < 4.78 is 27.1. The average molecular weight is 393 g/mol. The van der Waals surface area contributed by atoms with Crippen LogP contribution in [0.15, 0.2) is 29.2 Å². The zero-order chi connectivity index (χ0) is 19.3. The van der Waals surface area contributed by atoms with Crippen molar-refractivity contribution >= 4 is 21.6 Å². The minimum absolute atomic E-state index is 0.0150. The number of nitrogens with zero attached hydrogens (tertiary/aromatic N) is 1. The summed E-state index contributed by atoms with van der Waals surface area (Å²) in [6, 6.07) is 6.59. The summed E-state index contributed by atoms with van der Waals surface area (Å²) >= 11 is 0. The number of sulfonamides is 1. The van der Waals surface area contributed by atoms with Gasteiger partial charge in [0.05, 0.1) is 4.90 Å². The van der Waals surface area contributed by atoms with Crippen LogP contribution in [0.3, 0.4) is 0 Å². The Hall–Kier alpha value is -1.40. The van der Waals surface area contributed by atoms with E-state index in [0.717, 1.165) is 19.3 Å². The van der Waals surface area contributed by atoms with Crippen LogP contribution >= 0.6 is 0 Å². The van der Waals surface area contributed by atoms with Crippen molar-refractivity contribution in [2.24, 2.45) is 11.8 Å².